The van der Waals surface area contributed by atoms with E-state index in [2.05, 4.69) is 69.6 Å². The zero-order valence-electron chi connectivity index (χ0n) is 14.2. The summed E-state index contributed by atoms with van der Waals surface area (Å²) < 4.78 is 0. The van der Waals surface area contributed by atoms with Crippen LogP contribution in [-0.4, -0.2) is 0 Å². The molecular weight excluding hydrogens is 254 g/mol. The molecule has 0 saturated carbocycles. The van der Waals surface area contributed by atoms with Crippen LogP contribution in [0, 0.1) is 18.8 Å². The van der Waals surface area contributed by atoms with Crippen LogP contribution in [-0.2, 0) is 0 Å². The molecule has 21 heavy (non-hydrogen) atoms. The van der Waals surface area contributed by atoms with Crippen molar-refractivity contribution in [1.82, 2.24) is 0 Å². The van der Waals surface area contributed by atoms with Crippen molar-refractivity contribution >= 4 is 5.69 Å². The number of nitrogens with one attached hydrogen (secondary N) is 1. The van der Waals surface area contributed by atoms with Gasteiger partial charge in [-0.3, -0.25) is 0 Å². The van der Waals surface area contributed by atoms with Crippen LogP contribution in [0.4, 0.5) is 5.69 Å². The van der Waals surface area contributed by atoms with Crippen LogP contribution < -0.4 is 5.32 Å². The molecule has 0 bridgehead atoms. The summed E-state index contributed by atoms with van der Waals surface area (Å²) >= 11 is 0. The lowest BCUT2D eigenvalue weighted by atomic mass is 9.90. The van der Waals surface area contributed by atoms with Gasteiger partial charge in [-0.15, -0.1) is 5.73 Å². The molecule has 0 aliphatic carbocycles. The maximum Gasteiger partial charge on any atom is 0.0604 e. The summed E-state index contributed by atoms with van der Waals surface area (Å²) in [4.78, 5) is 0. The first-order valence-electron chi connectivity index (χ1n) is 8.34. The van der Waals surface area contributed by atoms with Crippen LogP contribution >= 0.6 is 0 Å². The average Bonchev–Trinajstić information content (AvgIpc) is 2.50. The van der Waals surface area contributed by atoms with Gasteiger partial charge in [-0.25, -0.2) is 0 Å². The van der Waals surface area contributed by atoms with Crippen molar-refractivity contribution in [3.63, 3.8) is 0 Å². The summed E-state index contributed by atoms with van der Waals surface area (Å²) in [5, 5.41) is 3.51. The van der Waals surface area contributed by atoms with Crippen molar-refractivity contribution in [2.45, 2.75) is 59.8 Å². The molecule has 116 valence electrons. The monoisotopic (exact) mass is 285 g/mol. The average molecular weight is 285 g/mol. The minimum Gasteiger partial charge on any atom is -0.352 e. The van der Waals surface area contributed by atoms with E-state index in [0.717, 1.165) is 17.3 Å². The molecule has 1 rings (SSSR count). The predicted molar refractivity (Wildman–Crippen MR) is 94.5 cm³/mol. The summed E-state index contributed by atoms with van der Waals surface area (Å²) in [5.74, 6) is 1.34. The summed E-state index contributed by atoms with van der Waals surface area (Å²) in [6.45, 7) is 12.9. The molecule has 1 aromatic rings. The second-order valence-corrected chi connectivity index (χ2v) is 6.07. The third-order valence-corrected chi connectivity index (χ3v) is 4.38. The second kappa shape index (κ2) is 9.47. The maximum atomic E-state index is 3.87. The van der Waals surface area contributed by atoms with Gasteiger partial charge in [-0.2, -0.15) is 0 Å². The van der Waals surface area contributed by atoms with Crippen molar-refractivity contribution < 1.29 is 0 Å². The van der Waals surface area contributed by atoms with Crippen molar-refractivity contribution in [1.29, 1.82) is 0 Å². The first-order valence-corrected chi connectivity index (χ1v) is 8.34. The van der Waals surface area contributed by atoms with E-state index in [0.29, 0.717) is 5.92 Å². The number of allylic oxidation sites excluding steroid dienone is 1. The molecule has 2 atom stereocenters. The Balaban J connectivity index is 2.60. The van der Waals surface area contributed by atoms with Gasteiger partial charge in [0.15, 0.2) is 0 Å². The van der Waals surface area contributed by atoms with Gasteiger partial charge in [0.1, 0.15) is 0 Å². The van der Waals surface area contributed by atoms with Crippen LogP contribution in [0.2, 0.25) is 0 Å². The summed E-state index contributed by atoms with van der Waals surface area (Å²) in [6, 6.07) is 8.38. The molecule has 1 N–H and O–H groups in total. The second-order valence-electron chi connectivity index (χ2n) is 6.07. The third kappa shape index (κ3) is 5.81. The third-order valence-electron chi connectivity index (χ3n) is 4.38. The lowest BCUT2D eigenvalue weighted by Crippen LogP contribution is -2.11. The molecule has 0 radical (unpaired) electrons. The lowest BCUT2D eigenvalue weighted by molar-refractivity contribution is 0.394. The van der Waals surface area contributed by atoms with Gasteiger partial charge in [0, 0.05) is 11.6 Å². The van der Waals surface area contributed by atoms with E-state index in [1.165, 1.54) is 37.7 Å². The molecule has 0 fully saturated rings. The highest BCUT2D eigenvalue weighted by molar-refractivity contribution is 5.54. The van der Waals surface area contributed by atoms with Crippen molar-refractivity contribution in [3.05, 3.63) is 47.8 Å². The fraction of sp³-hybridized carbons (Fsp3) is 0.550. The highest BCUT2D eigenvalue weighted by Gasteiger charge is 2.13. The zero-order chi connectivity index (χ0) is 15.7. The molecule has 0 aliphatic heterocycles. The minimum atomic E-state index is 0.480. The van der Waals surface area contributed by atoms with Gasteiger partial charge >= 0.3 is 0 Å². The molecule has 2 unspecified atom stereocenters. The Morgan fingerprint density at radius 3 is 2.48 bits per heavy atom. The topological polar surface area (TPSA) is 12.0 Å². The highest BCUT2D eigenvalue weighted by atomic mass is 14.9. The Morgan fingerprint density at radius 2 is 1.90 bits per heavy atom. The van der Waals surface area contributed by atoms with Crippen LogP contribution in [0.5, 0.6) is 0 Å². The van der Waals surface area contributed by atoms with Gasteiger partial charge in [-0.1, -0.05) is 64.8 Å². The van der Waals surface area contributed by atoms with Gasteiger partial charge in [-0.05, 0) is 37.3 Å². The Labute approximate surface area is 131 Å². The quantitative estimate of drug-likeness (QED) is 0.524. The van der Waals surface area contributed by atoms with Gasteiger partial charge in [0.05, 0.1) is 5.70 Å². The Hall–Kier alpha value is -1.46. The summed E-state index contributed by atoms with van der Waals surface area (Å²) in [7, 11) is 0. The first-order chi connectivity index (χ1) is 10.1. The standard InChI is InChI=1S/C20H31N/c1-6-11-18(7-2)15-14-17(5)19(8-3)21-20-13-10-9-12-16(20)4/h9-10,12-13,17-18,21H,3,6-7,11,14-15H2,1-2,4-5H3. The highest BCUT2D eigenvalue weighted by Crippen LogP contribution is 2.25. The molecule has 1 heteroatoms. The maximum absolute atomic E-state index is 3.87. The molecule has 0 aromatic heterocycles. The van der Waals surface area contributed by atoms with E-state index in [1.807, 2.05) is 0 Å². The zero-order valence-corrected chi connectivity index (χ0v) is 14.2. The van der Waals surface area contributed by atoms with Gasteiger partial charge < -0.3 is 5.32 Å². The molecule has 0 amide bonds. The number of hydrogen-bond acceptors (Lipinski definition) is 1. The number of rotatable bonds is 9. The number of para-hydroxylation sites is 1. The minimum absolute atomic E-state index is 0.480. The Bertz CT molecular complexity index is 468. The molecule has 0 saturated heterocycles. The van der Waals surface area contributed by atoms with Crippen molar-refractivity contribution in [3.8, 4) is 0 Å². The smallest absolute Gasteiger partial charge is 0.0604 e. The fourth-order valence-corrected chi connectivity index (χ4v) is 2.79. The molecule has 0 spiro atoms. The molecule has 0 heterocycles. The van der Waals surface area contributed by atoms with Crippen molar-refractivity contribution in [2.75, 3.05) is 5.32 Å². The van der Waals surface area contributed by atoms with Crippen LogP contribution in [0.15, 0.2) is 42.3 Å². The van der Waals surface area contributed by atoms with E-state index >= 15 is 0 Å². The van der Waals surface area contributed by atoms with Crippen LogP contribution in [0.3, 0.4) is 0 Å². The number of anilines is 1. The van der Waals surface area contributed by atoms with E-state index < -0.39 is 0 Å². The van der Waals surface area contributed by atoms with Crippen LogP contribution in [0.25, 0.3) is 0 Å². The van der Waals surface area contributed by atoms with E-state index in [4.69, 9.17) is 0 Å². The Morgan fingerprint density at radius 1 is 1.19 bits per heavy atom. The largest absolute Gasteiger partial charge is 0.352 e. The first kappa shape index (κ1) is 17.6. The normalized spacial score (nSPS) is 13.3. The van der Waals surface area contributed by atoms with E-state index in [-0.39, 0.29) is 0 Å². The number of aryl methyl sites for hydroxylation is 1. The molecule has 0 aliphatic rings. The van der Waals surface area contributed by atoms with Gasteiger partial charge in [0.25, 0.3) is 0 Å². The van der Waals surface area contributed by atoms with Crippen LogP contribution in [0.1, 0.15) is 58.4 Å². The van der Waals surface area contributed by atoms with Crippen molar-refractivity contribution in [2.24, 2.45) is 11.8 Å². The summed E-state index contributed by atoms with van der Waals surface area (Å²) in [6.07, 6.45) is 6.43. The molecule has 1 aromatic carbocycles. The fourth-order valence-electron chi connectivity index (χ4n) is 2.79. The van der Waals surface area contributed by atoms with E-state index in [9.17, 15) is 0 Å². The predicted octanol–water partition coefficient (Wildman–Crippen LogP) is 6.32. The lowest BCUT2D eigenvalue weighted by Gasteiger charge is -2.20. The van der Waals surface area contributed by atoms with Gasteiger partial charge in [0.2, 0.25) is 0 Å². The summed E-state index contributed by atoms with van der Waals surface area (Å²) in [5.41, 5.74) is 6.65. The number of benzene rings is 1. The molecule has 1 nitrogen and oxygen atoms in total. The number of hydrogen-bond donors (Lipinski definition) is 1. The Kier molecular flexibility index (Phi) is 7.93. The molecular formula is C20H31N. The SMILES string of the molecule is C=C=C(Nc1ccccc1C)C(C)CCC(CC)CCC. The van der Waals surface area contributed by atoms with E-state index in [1.54, 1.807) is 0 Å².